The first kappa shape index (κ1) is 14.9. The topological polar surface area (TPSA) is 90.2 Å². The van der Waals surface area contributed by atoms with Crippen molar-refractivity contribution in [3.8, 4) is 11.8 Å². The molecule has 2 rings (SSSR count). The lowest BCUT2D eigenvalue weighted by Gasteiger charge is -2.11. The molecule has 0 aliphatic carbocycles. The van der Waals surface area contributed by atoms with Gasteiger partial charge in [0, 0.05) is 5.56 Å². The van der Waals surface area contributed by atoms with Crippen molar-refractivity contribution in [2.75, 3.05) is 4.72 Å². The molecule has 0 aliphatic rings. The van der Waals surface area contributed by atoms with E-state index in [0.717, 1.165) is 0 Å². The first-order valence-electron chi connectivity index (χ1n) is 6.19. The van der Waals surface area contributed by atoms with E-state index in [2.05, 4.69) is 4.72 Å². The number of anilines is 1. The van der Waals surface area contributed by atoms with Crippen molar-refractivity contribution >= 4 is 15.7 Å². The highest BCUT2D eigenvalue weighted by Crippen LogP contribution is 2.25. The van der Waals surface area contributed by atoms with E-state index in [1.807, 2.05) is 6.07 Å². The second-order valence-corrected chi connectivity index (χ2v) is 6.34. The number of nitrogens with one attached hydrogen (secondary N) is 1. The fourth-order valence-electron chi connectivity index (χ4n) is 1.83. The van der Waals surface area contributed by atoms with Gasteiger partial charge >= 0.3 is 0 Å². The highest BCUT2D eigenvalue weighted by molar-refractivity contribution is 7.91. The number of aromatic hydroxyl groups is 1. The summed E-state index contributed by atoms with van der Waals surface area (Å²) < 4.78 is 26.7. The maximum Gasteiger partial charge on any atom is 0.236 e. The van der Waals surface area contributed by atoms with Crippen LogP contribution >= 0.6 is 0 Å². The van der Waals surface area contributed by atoms with E-state index >= 15 is 0 Å². The number of nitriles is 1. The van der Waals surface area contributed by atoms with Crippen molar-refractivity contribution in [2.24, 2.45) is 0 Å². The predicted octanol–water partition coefficient (Wildman–Crippen LogP) is 2.51. The van der Waals surface area contributed by atoms with Gasteiger partial charge < -0.3 is 5.11 Å². The summed E-state index contributed by atoms with van der Waals surface area (Å²) in [5, 5.41) is 18.3. The quantitative estimate of drug-likeness (QED) is 0.908. The normalized spacial score (nSPS) is 10.9. The van der Waals surface area contributed by atoms with Crippen LogP contribution in [0.2, 0.25) is 0 Å². The molecule has 0 radical (unpaired) electrons. The summed E-state index contributed by atoms with van der Waals surface area (Å²) in [6, 6.07) is 13.0. The van der Waals surface area contributed by atoms with E-state index in [1.165, 1.54) is 6.07 Å². The third kappa shape index (κ3) is 3.74. The van der Waals surface area contributed by atoms with E-state index in [1.54, 1.807) is 43.3 Å². The SMILES string of the molecule is Cc1c(O)cccc1NS(=O)(=O)Cc1ccc(C#N)cc1. The van der Waals surface area contributed by atoms with Gasteiger partial charge in [-0.3, -0.25) is 4.72 Å². The highest BCUT2D eigenvalue weighted by Gasteiger charge is 2.14. The maximum absolute atomic E-state index is 12.1. The van der Waals surface area contributed by atoms with Gasteiger partial charge in [0.1, 0.15) is 5.75 Å². The molecule has 108 valence electrons. The van der Waals surface area contributed by atoms with Crippen LogP contribution in [0, 0.1) is 18.3 Å². The zero-order chi connectivity index (χ0) is 15.5. The molecule has 0 bridgehead atoms. The summed E-state index contributed by atoms with van der Waals surface area (Å²) >= 11 is 0. The minimum Gasteiger partial charge on any atom is -0.508 e. The van der Waals surface area contributed by atoms with Crippen molar-refractivity contribution in [1.29, 1.82) is 5.26 Å². The van der Waals surface area contributed by atoms with Gasteiger partial charge in [0.25, 0.3) is 0 Å². The molecular weight excluding hydrogens is 288 g/mol. The van der Waals surface area contributed by atoms with Crippen LogP contribution in [-0.4, -0.2) is 13.5 Å². The summed E-state index contributed by atoms with van der Waals surface area (Å²) in [6.07, 6.45) is 0. The molecule has 0 heterocycles. The maximum atomic E-state index is 12.1. The van der Waals surface area contributed by atoms with Gasteiger partial charge in [0.2, 0.25) is 10.0 Å². The number of rotatable bonds is 4. The van der Waals surface area contributed by atoms with Crippen LogP contribution in [0.25, 0.3) is 0 Å². The summed E-state index contributed by atoms with van der Waals surface area (Å²) in [6.45, 7) is 1.63. The van der Waals surface area contributed by atoms with Crippen LogP contribution in [0.3, 0.4) is 0 Å². The molecule has 2 aromatic rings. The van der Waals surface area contributed by atoms with Crippen molar-refractivity contribution in [3.63, 3.8) is 0 Å². The Kier molecular flexibility index (Phi) is 4.15. The summed E-state index contributed by atoms with van der Waals surface area (Å²) in [4.78, 5) is 0. The van der Waals surface area contributed by atoms with Crippen LogP contribution in [-0.2, 0) is 15.8 Å². The zero-order valence-electron chi connectivity index (χ0n) is 11.4. The second-order valence-electron chi connectivity index (χ2n) is 4.62. The Morgan fingerprint density at radius 1 is 1.19 bits per heavy atom. The molecule has 0 saturated heterocycles. The Morgan fingerprint density at radius 2 is 1.86 bits per heavy atom. The van der Waals surface area contributed by atoms with Crippen molar-refractivity contribution < 1.29 is 13.5 Å². The molecule has 0 amide bonds. The lowest BCUT2D eigenvalue weighted by molar-refractivity contribution is 0.471. The first-order chi connectivity index (χ1) is 9.91. The van der Waals surface area contributed by atoms with Crippen molar-refractivity contribution in [2.45, 2.75) is 12.7 Å². The van der Waals surface area contributed by atoms with Gasteiger partial charge in [0.15, 0.2) is 0 Å². The number of phenols is 1. The minimum absolute atomic E-state index is 0.0357. The zero-order valence-corrected chi connectivity index (χ0v) is 12.2. The van der Waals surface area contributed by atoms with E-state index in [0.29, 0.717) is 22.4 Å². The van der Waals surface area contributed by atoms with Crippen LogP contribution in [0.4, 0.5) is 5.69 Å². The highest BCUT2D eigenvalue weighted by atomic mass is 32.2. The standard InChI is InChI=1S/C15H14N2O3S/c1-11-14(3-2-4-15(11)18)17-21(19,20)10-13-7-5-12(9-16)6-8-13/h2-8,17-18H,10H2,1H3. The average molecular weight is 302 g/mol. The third-order valence-electron chi connectivity index (χ3n) is 3.01. The van der Waals surface area contributed by atoms with Crippen molar-refractivity contribution in [3.05, 3.63) is 59.2 Å². The monoisotopic (exact) mass is 302 g/mol. The fourth-order valence-corrected chi connectivity index (χ4v) is 3.09. The van der Waals surface area contributed by atoms with Crippen LogP contribution in [0.5, 0.6) is 5.75 Å². The number of benzene rings is 2. The van der Waals surface area contributed by atoms with E-state index in [9.17, 15) is 13.5 Å². The first-order valence-corrected chi connectivity index (χ1v) is 7.84. The lowest BCUT2D eigenvalue weighted by atomic mass is 10.2. The molecule has 2 N–H and O–H groups in total. The van der Waals surface area contributed by atoms with Gasteiger partial charge in [-0.05, 0) is 36.8 Å². The molecule has 0 unspecified atom stereocenters. The van der Waals surface area contributed by atoms with Gasteiger partial charge in [-0.15, -0.1) is 0 Å². The fraction of sp³-hybridized carbons (Fsp3) is 0.133. The Labute approximate surface area is 123 Å². The molecule has 0 fully saturated rings. The second kappa shape index (κ2) is 5.85. The largest absolute Gasteiger partial charge is 0.508 e. The Bertz CT molecular complexity index is 791. The summed E-state index contributed by atoms with van der Waals surface area (Å²) in [5.41, 5.74) is 1.89. The molecular formula is C15H14N2O3S. The van der Waals surface area contributed by atoms with E-state index < -0.39 is 10.0 Å². The molecule has 0 aromatic heterocycles. The number of sulfonamides is 1. The summed E-state index contributed by atoms with van der Waals surface area (Å²) in [5.74, 6) is -0.165. The molecule has 5 nitrogen and oxygen atoms in total. The van der Waals surface area contributed by atoms with Gasteiger partial charge in [-0.1, -0.05) is 18.2 Å². The number of hydrogen-bond donors (Lipinski definition) is 2. The van der Waals surface area contributed by atoms with E-state index in [-0.39, 0.29) is 11.5 Å². The average Bonchev–Trinajstić information content (AvgIpc) is 2.44. The third-order valence-corrected chi connectivity index (χ3v) is 4.25. The molecule has 0 spiro atoms. The van der Waals surface area contributed by atoms with Gasteiger partial charge in [-0.2, -0.15) is 5.26 Å². The molecule has 0 atom stereocenters. The number of nitrogens with zero attached hydrogens (tertiary/aromatic N) is 1. The minimum atomic E-state index is -3.59. The predicted molar refractivity (Wildman–Crippen MR) is 80.2 cm³/mol. The van der Waals surface area contributed by atoms with Crippen LogP contribution in [0.1, 0.15) is 16.7 Å². The van der Waals surface area contributed by atoms with Gasteiger partial charge in [-0.25, -0.2) is 8.42 Å². The summed E-state index contributed by atoms with van der Waals surface area (Å²) in [7, 11) is -3.59. The Hall–Kier alpha value is -2.52. The van der Waals surface area contributed by atoms with Crippen molar-refractivity contribution in [1.82, 2.24) is 0 Å². The smallest absolute Gasteiger partial charge is 0.236 e. The van der Waals surface area contributed by atoms with E-state index in [4.69, 9.17) is 5.26 Å². The van der Waals surface area contributed by atoms with Gasteiger partial charge in [0.05, 0.1) is 23.1 Å². The number of phenolic OH excluding ortho intramolecular Hbond substituents is 1. The Morgan fingerprint density at radius 3 is 2.48 bits per heavy atom. The molecule has 2 aromatic carbocycles. The molecule has 0 aliphatic heterocycles. The molecule has 6 heteroatoms. The molecule has 21 heavy (non-hydrogen) atoms. The lowest BCUT2D eigenvalue weighted by Crippen LogP contribution is -2.15. The Balaban J connectivity index is 2.18. The van der Waals surface area contributed by atoms with Crippen LogP contribution < -0.4 is 4.72 Å². The molecule has 0 saturated carbocycles. The number of hydrogen-bond acceptors (Lipinski definition) is 4. The van der Waals surface area contributed by atoms with Crippen LogP contribution in [0.15, 0.2) is 42.5 Å².